The Morgan fingerprint density at radius 3 is 2.24 bits per heavy atom. The predicted octanol–water partition coefficient (Wildman–Crippen LogP) is 4.88. The van der Waals surface area contributed by atoms with Gasteiger partial charge in [0.25, 0.3) is 0 Å². The number of benzene rings is 2. The van der Waals surface area contributed by atoms with Crippen molar-refractivity contribution in [2.24, 2.45) is 0 Å². The number of hydrogen-bond donors (Lipinski definition) is 0. The molecule has 25 heavy (non-hydrogen) atoms. The summed E-state index contributed by atoms with van der Waals surface area (Å²) in [6, 6.07) is 13.1. The summed E-state index contributed by atoms with van der Waals surface area (Å²) in [6.45, 7) is 1.97. The Hall–Kier alpha value is -2.54. The topological polar surface area (TPSA) is 39.9 Å². The van der Waals surface area contributed by atoms with Gasteiger partial charge in [0.05, 0.1) is 11.6 Å². The van der Waals surface area contributed by atoms with Gasteiger partial charge in [-0.1, -0.05) is 17.7 Å². The Labute approximate surface area is 146 Å². The third-order valence-corrected chi connectivity index (χ3v) is 3.63. The van der Waals surface area contributed by atoms with Gasteiger partial charge in [-0.25, -0.2) is 9.67 Å². The molecule has 1 heterocycles. The molecule has 0 saturated carbocycles. The molecule has 0 unspecified atom stereocenters. The van der Waals surface area contributed by atoms with Crippen molar-refractivity contribution < 1.29 is 17.9 Å². The highest BCUT2D eigenvalue weighted by molar-refractivity contribution is 6.16. The van der Waals surface area contributed by atoms with Crippen LogP contribution in [0.3, 0.4) is 0 Å². The Morgan fingerprint density at radius 1 is 1.04 bits per heavy atom. The summed E-state index contributed by atoms with van der Waals surface area (Å²) in [6.07, 6.45) is -4.73. The second kappa shape index (κ2) is 6.76. The molecular weight excluding hydrogens is 355 g/mol. The monoisotopic (exact) mass is 367 g/mol. The number of aryl methyl sites for hydroxylation is 1. The van der Waals surface area contributed by atoms with E-state index < -0.39 is 6.36 Å². The molecule has 0 atom stereocenters. The molecular formula is C17H13ClF3N3O. The smallest absolute Gasteiger partial charge is 0.406 e. The highest BCUT2D eigenvalue weighted by Crippen LogP contribution is 2.27. The summed E-state index contributed by atoms with van der Waals surface area (Å²) < 4.78 is 42.3. The van der Waals surface area contributed by atoms with E-state index in [9.17, 15) is 13.2 Å². The van der Waals surface area contributed by atoms with Gasteiger partial charge in [-0.2, -0.15) is 0 Å². The van der Waals surface area contributed by atoms with Crippen LogP contribution in [0, 0.1) is 6.92 Å². The highest BCUT2D eigenvalue weighted by Gasteiger charge is 2.31. The van der Waals surface area contributed by atoms with E-state index in [0.717, 1.165) is 11.3 Å². The number of aromatic nitrogens is 3. The van der Waals surface area contributed by atoms with E-state index in [1.54, 1.807) is 4.68 Å². The van der Waals surface area contributed by atoms with E-state index >= 15 is 0 Å². The molecule has 3 rings (SSSR count). The van der Waals surface area contributed by atoms with Crippen LogP contribution in [0.1, 0.15) is 11.4 Å². The van der Waals surface area contributed by atoms with Crippen molar-refractivity contribution in [1.82, 2.24) is 14.8 Å². The molecule has 2 aromatic carbocycles. The first-order valence-electron chi connectivity index (χ1n) is 7.31. The van der Waals surface area contributed by atoms with E-state index in [0.29, 0.717) is 17.2 Å². The van der Waals surface area contributed by atoms with Crippen LogP contribution in [0.25, 0.3) is 17.1 Å². The van der Waals surface area contributed by atoms with Gasteiger partial charge in [-0.15, -0.1) is 29.9 Å². The first kappa shape index (κ1) is 17.3. The lowest BCUT2D eigenvalue weighted by molar-refractivity contribution is -0.274. The van der Waals surface area contributed by atoms with Crippen LogP contribution >= 0.6 is 11.6 Å². The normalized spacial score (nSPS) is 11.6. The third-order valence-electron chi connectivity index (χ3n) is 3.40. The summed E-state index contributed by atoms with van der Waals surface area (Å²) in [5, 5.41) is 4.35. The second-order valence-corrected chi connectivity index (χ2v) is 5.57. The zero-order chi connectivity index (χ0) is 18.0. The molecule has 0 spiro atoms. The standard InChI is InChI=1S/C17H13ClF3N3O/c1-11-2-6-13(7-3-11)24-16(22-15(10-18)23-24)12-4-8-14(9-5-12)25-17(19,20)21/h2-9H,10H2,1H3. The van der Waals surface area contributed by atoms with Crippen molar-refractivity contribution in [2.45, 2.75) is 19.2 Å². The van der Waals surface area contributed by atoms with Gasteiger partial charge < -0.3 is 4.74 Å². The average molecular weight is 368 g/mol. The van der Waals surface area contributed by atoms with Gasteiger partial charge >= 0.3 is 6.36 Å². The number of alkyl halides is 4. The highest BCUT2D eigenvalue weighted by atomic mass is 35.5. The van der Waals surface area contributed by atoms with Crippen LogP contribution in [0.15, 0.2) is 48.5 Å². The van der Waals surface area contributed by atoms with Crippen LogP contribution in [0.5, 0.6) is 5.75 Å². The van der Waals surface area contributed by atoms with Crippen molar-refractivity contribution in [3.05, 3.63) is 59.9 Å². The van der Waals surface area contributed by atoms with Crippen LogP contribution in [0.2, 0.25) is 0 Å². The molecule has 0 aliphatic heterocycles. The SMILES string of the molecule is Cc1ccc(-n2nc(CCl)nc2-c2ccc(OC(F)(F)F)cc2)cc1. The maximum atomic E-state index is 12.3. The number of halogens is 4. The average Bonchev–Trinajstić information content (AvgIpc) is 2.99. The quantitative estimate of drug-likeness (QED) is 0.617. The Bertz CT molecular complexity index is 858. The zero-order valence-corrected chi connectivity index (χ0v) is 13.8. The molecule has 0 amide bonds. The largest absolute Gasteiger partial charge is 0.573 e. The minimum absolute atomic E-state index is 0.126. The zero-order valence-electron chi connectivity index (χ0n) is 13.1. The van der Waals surface area contributed by atoms with Gasteiger partial charge in [0.2, 0.25) is 0 Å². The van der Waals surface area contributed by atoms with Crippen molar-refractivity contribution in [1.29, 1.82) is 0 Å². The molecule has 3 aromatic rings. The minimum atomic E-state index is -4.73. The van der Waals surface area contributed by atoms with Crippen LogP contribution < -0.4 is 4.74 Å². The third kappa shape index (κ3) is 4.11. The molecule has 0 saturated heterocycles. The van der Waals surface area contributed by atoms with Crippen LogP contribution in [0.4, 0.5) is 13.2 Å². The molecule has 0 fully saturated rings. The van der Waals surface area contributed by atoms with Crippen LogP contribution in [-0.4, -0.2) is 21.1 Å². The number of nitrogens with zero attached hydrogens (tertiary/aromatic N) is 3. The van der Waals surface area contributed by atoms with Gasteiger partial charge in [0.1, 0.15) is 5.75 Å². The molecule has 1 aromatic heterocycles. The number of ether oxygens (including phenoxy) is 1. The predicted molar refractivity (Wildman–Crippen MR) is 87.8 cm³/mol. The molecule has 0 bridgehead atoms. The number of hydrogen-bond acceptors (Lipinski definition) is 3. The molecule has 0 radical (unpaired) electrons. The first-order chi connectivity index (χ1) is 11.9. The number of rotatable bonds is 4. The fourth-order valence-corrected chi connectivity index (χ4v) is 2.38. The summed E-state index contributed by atoms with van der Waals surface area (Å²) in [4.78, 5) is 4.36. The molecule has 0 aliphatic rings. The summed E-state index contributed by atoms with van der Waals surface area (Å²) in [5.41, 5.74) is 2.47. The van der Waals surface area contributed by atoms with E-state index in [4.69, 9.17) is 11.6 Å². The molecule has 4 nitrogen and oxygen atoms in total. The first-order valence-corrected chi connectivity index (χ1v) is 7.84. The van der Waals surface area contributed by atoms with E-state index in [2.05, 4.69) is 14.8 Å². The molecule has 0 N–H and O–H groups in total. The van der Waals surface area contributed by atoms with Gasteiger partial charge in [0, 0.05) is 5.56 Å². The van der Waals surface area contributed by atoms with Crippen molar-refractivity contribution in [2.75, 3.05) is 0 Å². The van der Waals surface area contributed by atoms with E-state index in [1.807, 2.05) is 31.2 Å². The summed E-state index contributed by atoms with van der Waals surface area (Å²) in [7, 11) is 0. The maximum Gasteiger partial charge on any atom is 0.573 e. The lowest BCUT2D eigenvalue weighted by atomic mass is 10.2. The lowest BCUT2D eigenvalue weighted by Gasteiger charge is -2.10. The van der Waals surface area contributed by atoms with Gasteiger partial charge in [-0.3, -0.25) is 0 Å². The van der Waals surface area contributed by atoms with Crippen molar-refractivity contribution in [3.63, 3.8) is 0 Å². The van der Waals surface area contributed by atoms with Gasteiger partial charge in [0.15, 0.2) is 11.6 Å². The molecule has 8 heteroatoms. The van der Waals surface area contributed by atoms with E-state index in [1.165, 1.54) is 24.3 Å². The lowest BCUT2D eigenvalue weighted by Crippen LogP contribution is -2.16. The Balaban J connectivity index is 1.99. The molecule has 130 valence electrons. The van der Waals surface area contributed by atoms with Crippen LogP contribution in [-0.2, 0) is 5.88 Å². The fraction of sp³-hybridized carbons (Fsp3) is 0.176. The van der Waals surface area contributed by atoms with Gasteiger partial charge in [-0.05, 0) is 43.3 Å². The summed E-state index contributed by atoms with van der Waals surface area (Å²) >= 11 is 5.83. The second-order valence-electron chi connectivity index (χ2n) is 5.30. The van der Waals surface area contributed by atoms with Crippen molar-refractivity contribution >= 4 is 11.6 Å². The van der Waals surface area contributed by atoms with E-state index in [-0.39, 0.29) is 11.6 Å². The maximum absolute atomic E-state index is 12.3. The minimum Gasteiger partial charge on any atom is -0.406 e. The fourth-order valence-electron chi connectivity index (χ4n) is 2.27. The Kier molecular flexibility index (Phi) is 4.67. The Morgan fingerprint density at radius 2 is 1.68 bits per heavy atom. The van der Waals surface area contributed by atoms with Crippen molar-refractivity contribution in [3.8, 4) is 22.8 Å². The summed E-state index contributed by atoms with van der Waals surface area (Å²) in [5.74, 6) is 0.738. The molecule has 0 aliphatic carbocycles.